The van der Waals surface area contributed by atoms with Crippen LogP contribution >= 0.6 is 0 Å². The number of ether oxygens (including phenoxy) is 1. The number of carbonyl (C=O) groups excluding carboxylic acids is 1. The standard InChI is InChI=1S/C19H30N4O2/c1-4-19(3)14-23(11-12-25-19)18(24)20-13-16-8-7-15(2)21-17(16)22-9-5-6-10-22/h7-8H,4-6,9-14H2,1-3H3,(H,20,24)/t19-/m1/s1. The Kier molecular flexibility index (Phi) is 5.47. The lowest BCUT2D eigenvalue weighted by Gasteiger charge is -2.40. The van der Waals surface area contributed by atoms with E-state index in [9.17, 15) is 4.79 Å². The van der Waals surface area contributed by atoms with Gasteiger partial charge in [-0.25, -0.2) is 9.78 Å². The Bertz CT molecular complexity index is 615. The summed E-state index contributed by atoms with van der Waals surface area (Å²) in [6.45, 7) is 10.7. The van der Waals surface area contributed by atoms with Gasteiger partial charge >= 0.3 is 6.03 Å². The van der Waals surface area contributed by atoms with Crippen molar-refractivity contribution in [1.82, 2.24) is 15.2 Å². The summed E-state index contributed by atoms with van der Waals surface area (Å²) in [6, 6.07) is 4.09. The van der Waals surface area contributed by atoms with E-state index in [0.29, 0.717) is 26.2 Å². The summed E-state index contributed by atoms with van der Waals surface area (Å²) in [6.07, 6.45) is 3.33. The highest BCUT2D eigenvalue weighted by Crippen LogP contribution is 2.24. The van der Waals surface area contributed by atoms with Crippen molar-refractivity contribution in [2.45, 2.75) is 52.2 Å². The Balaban J connectivity index is 1.64. The minimum absolute atomic E-state index is 0.0177. The summed E-state index contributed by atoms with van der Waals surface area (Å²) >= 11 is 0. The molecule has 6 nitrogen and oxygen atoms in total. The van der Waals surface area contributed by atoms with Gasteiger partial charge in [-0.1, -0.05) is 13.0 Å². The first-order valence-corrected chi connectivity index (χ1v) is 9.39. The Labute approximate surface area is 150 Å². The fourth-order valence-corrected chi connectivity index (χ4v) is 3.51. The molecule has 1 aromatic rings. The second-order valence-electron chi connectivity index (χ2n) is 7.36. The van der Waals surface area contributed by atoms with Crippen molar-refractivity contribution in [2.24, 2.45) is 0 Å². The summed E-state index contributed by atoms with van der Waals surface area (Å²) in [5, 5.41) is 3.08. The molecule has 6 heteroatoms. The lowest BCUT2D eigenvalue weighted by atomic mass is 10.0. The molecule has 2 saturated heterocycles. The maximum absolute atomic E-state index is 12.6. The maximum atomic E-state index is 12.6. The number of pyridine rings is 1. The van der Waals surface area contributed by atoms with Crippen molar-refractivity contribution >= 4 is 11.8 Å². The van der Waals surface area contributed by atoms with Gasteiger partial charge in [0.25, 0.3) is 0 Å². The normalized spacial score (nSPS) is 23.8. The molecule has 0 spiro atoms. The third kappa shape index (κ3) is 4.24. The highest BCUT2D eigenvalue weighted by atomic mass is 16.5. The second-order valence-corrected chi connectivity index (χ2v) is 7.36. The lowest BCUT2D eigenvalue weighted by molar-refractivity contribution is -0.0872. The van der Waals surface area contributed by atoms with E-state index in [1.54, 1.807) is 0 Å². The number of nitrogens with one attached hydrogen (secondary N) is 1. The van der Waals surface area contributed by atoms with Gasteiger partial charge in [-0.3, -0.25) is 0 Å². The van der Waals surface area contributed by atoms with Crippen LogP contribution in [0.3, 0.4) is 0 Å². The minimum Gasteiger partial charge on any atom is -0.372 e. The average Bonchev–Trinajstić information content (AvgIpc) is 3.15. The predicted octanol–water partition coefficient (Wildman–Crippen LogP) is 2.70. The number of morpholine rings is 1. The van der Waals surface area contributed by atoms with Gasteiger partial charge in [0.2, 0.25) is 0 Å². The van der Waals surface area contributed by atoms with Crippen LogP contribution in [0.4, 0.5) is 10.6 Å². The van der Waals surface area contributed by atoms with Crippen molar-refractivity contribution in [3.8, 4) is 0 Å². The smallest absolute Gasteiger partial charge is 0.317 e. The third-order valence-corrected chi connectivity index (χ3v) is 5.30. The van der Waals surface area contributed by atoms with E-state index < -0.39 is 0 Å². The molecule has 2 aliphatic heterocycles. The molecule has 0 aromatic carbocycles. The van der Waals surface area contributed by atoms with Gasteiger partial charge < -0.3 is 19.9 Å². The van der Waals surface area contributed by atoms with Crippen LogP contribution in [0, 0.1) is 6.92 Å². The zero-order valence-corrected chi connectivity index (χ0v) is 15.7. The fraction of sp³-hybridized carbons (Fsp3) is 0.684. The summed E-state index contributed by atoms with van der Waals surface area (Å²) < 4.78 is 5.82. The lowest BCUT2D eigenvalue weighted by Crippen LogP contribution is -2.54. The van der Waals surface area contributed by atoms with Crippen LogP contribution < -0.4 is 10.2 Å². The molecule has 0 saturated carbocycles. The first-order valence-electron chi connectivity index (χ1n) is 9.39. The molecular formula is C19H30N4O2. The molecule has 1 atom stereocenters. The molecule has 2 amide bonds. The molecule has 3 rings (SSSR count). The van der Waals surface area contributed by atoms with Crippen LogP contribution in [-0.2, 0) is 11.3 Å². The van der Waals surface area contributed by atoms with E-state index in [1.165, 1.54) is 12.8 Å². The van der Waals surface area contributed by atoms with Gasteiger partial charge in [-0.15, -0.1) is 0 Å². The number of anilines is 1. The number of amides is 2. The van der Waals surface area contributed by atoms with Crippen LogP contribution in [0.25, 0.3) is 0 Å². The molecule has 2 fully saturated rings. The Morgan fingerprint density at radius 2 is 2.08 bits per heavy atom. The van der Waals surface area contributed by atoms with E-state index >= 15 is 0 Å². The minimum atomic E-state index is -0.234. The molecular weight excluding hydrogens is 316 g/mol. The van der Waals surface area contributed by atoms with Crippen LogP contribution in [0.2, 0.25) is 0 Å². The maximum Gasteiger partial charge on any atom is 0.317 e. The summed E-state index contributed by atoms with van der Waals surface area (Å²) in [5.74, 6) is 1.03. The number of hydrogen-bond acceptors (Lipinski definition) is 4. The first-order chi connectivity index (χ1) is 12.0. The van der Waals surface area contributed by atoms with E-state index in [2.05, 4.69) is 30.1 Å². The second kappa shape index (κ2) is 7.60. The average molecular weight is 346 g/mol. The molecule has 3 heterocycles. The van der Waals surface area contributed by atoms with E-state index in [0.717, 1.165) is 36.6 Å². The molecule has 0 unspecified atom stereocenters. The van der Waals surface area contributed by atoms with Gasteiger partial charge in [0.1, 0.15) is 5.82 Å². The highest BCUT2D eigenvalue weighted by molar-refractivity contribution is 5.74. The van der Waals surface area contributed by atoms with Crippen molar-refractivity contribution in [2.75, 3.05) is 37.7 Å². The van der Waals surface area contributed by atoms with Crippen LogP contribution in [-0.4, -0.2) is 54.3 Å². The van der Waals surface area contributed by atoms with Crippen molar-refractivity contribution in [1.29, 1.82) is 0 Å². The number of aromatic nitrogens is 1. The fourth-order valence-electron chi connectivity index (χ4n) is 3.51. The molecule has 0 radical (unpaired) electrons. The number of carbonyl (C=O) groups is 1. The van der Waals surface area contributed by atoms with Gasteiger partial charge in [0.15, 0.2) is 0 Å². The van der Waals surface area contributed by atoms with E-state index in [1.807, 2.05) is 17.9 Å². The number of nitrogens with zero attached hydrogens (tertiary/aromatic N) is 3. The van der Waals surface area contributed by atoms with E-state index in [-0.39, 0.29) is 11.6 Å². The number of urea groups is 1. The first kappa shape index (κ1) is 18.0. The monoisotopic (exact) mass is 346 g/mol. The van der Waals surface area contributed by atoms with Crippen LogP contribution in [0.15, 0.2) is 12.1 Å². The summed E-state index contributed by atoms with van der Waals surface area (Å²) in [4.78, 5) is 21.5. The topological polar surface area (TPSA) is 57.7 Å². The predicted molar refractivity (Wildman–Crippen MR) is 98.9 cm³/mol. The molecule has 1 N–H and O–H groups in total. The number of rotatable bonds is 4. The zero-order valence-electron chi connectivity index (χ0n) is 15.7. The van der Waals surface area contributed by atoms with Gasteiger partial charge in [-0.05, 0) is 39.2 Å². The summed E-state index contributed by atoms with van der Waals surface area (Å²) in [5.41, 5.74) is 1.87. The van der Waals surface area contributed by atoms with Gasteiger partial charge in [-0.2, -0.15) is 0 Å². The van der Waals surface area contributed by atoms with E-state index in [4.69, 9.17) is 9.72 Å². The molecule has 1 aromatic heterocycles. The Morgan fingerprint density at radius 3 is 2.80 bits per heavy atom. The largest absolute Gasteiger partial charge is 0.372 e. The van der Waals surface area contributed by atoms with Crippen LogP contribution in [0.1, 0.15) is 44.4 Å². The molecule has 25 heavy (non-hydrogen) atoms. The van der Waals surface area contributed by atoms with Gasteiger partial charge in [0.05, 0.1) is 18.8 Å². The van der Waals surface area contributed by atoms with Crippen molar-refractivity contribution < 1.29 is 9.53 Å². The Morgan fingerprint density at radius 1 is 1.32 bits per heavy atom. The molecule has 0 bridgehead atoms. The molecule has 138 valence electrons. The van der Waals surface area contributed by atoms with Crippen molar-refractivity contribution in [3.63, 3.8) is 0 Å². The number of aryl methyl sites for hydroxylation is 1. The quantitative estimate of drug-likeness (QED) is 0.911. The van der Waals surface area contributed by atoms with Crippen molar-refractivity contribution in [3.05, 3.63) is 23.4 Å². The van der Waals surface area contributed by atoms with Gasteiger partial charge in [0, 0.05) is 37.4 Å². The number of hydrogen-bond donors (Lipinski definition) is 1. The molecule has 0 aliphatic carbocycles. The SMILES string of the molecule is CC[C@]1(C)CN(C(=O)NCc2ccc(C)nc2N2CCCC2)CCO1. The third-order valence-electron chi connectivity index (χ3n) is 5.30. The summed E-state index contributed by atoms with van der Waals surface area (Å²) in [7, 11) is 0. The van der Waals surface area contributed by atoms with Crippen LogP contribution in [0.5, 0.6) is 0 Å². The highest BCUT2D eigenvalue weighted by Gasteiger charge is 2.32. The zero-order chi connectivity index (χ0) is 17.9. The molecule has 2 aliphatic rings. The Hall–Kier alpha value is -1.82.